The van der Waals surface area contributed by atoms with Crippen LogP contribution < -0.4 is 0 Å². The monoisotopic (exact) mass is 275 g/mol. The Kier molecular flexibility index (Phi) is 4.61. The zero-order valence-corrected chi connectivity index (χ0v) is 13.0. The second kappa shape index (κ2) is 6.06. The minimum absolute atomic E-state index is 0.109. The molecule has 1 atom stereocenters. The van der Waals surface area contributed by atoms with Gasteiger partial charge in [-0.25, -0.2) is 0 Å². The quantitative estimate of drug-likeness (QED) is 0.791. The van der Waals surface area contributed by atoms with Gasteiger partial charge in [-0.15, -0.1) is 0 Å². The number of nitrogens with zero attached hydrogens (tertiary/aromatic N) is 1. The van der Waals surface area contributed by atoms with Crippen LogP contribution in [0.1, 0.15) is 41.3 Å². The predicted molar refractivity (Wildman–Crippen MR) is 81.3 cm³/mol. The molecular weight excluding hydrogens is 250 g/mol. The average molecular weight is 275 g/mol. The summed E-state index contributed by atoms with van der Waals surface area (Å²) in [5.41, 5.74) is 3.11. The number of benzene rings is 1. The standard InChI is InChI=1S/C17H25NO2/c1-13-6-7-15(10-14(13)2)16(19)11-18-9-5-8-17(3,12-18)20-4/h6-7,10H,5,8-9,11-12H2,1-4H3. The molecule has 0 bridgehead atoms. The summed E-state index contributed by atoms with van der Waals surface area (Å²) in [7, 11) is 1.76. The molecule has 1 fully saturated rings. The molecule has 1 aromatic rings. The molecule has 1 aromatic carbocycles. The topological polar surface area (TPSA) is 29.5 Å². The van der Waals surface area contributed by atoms with Gasteiger partial charge in [0.2, 0.25) is 0 Å². The summed E-state index contributed by atoms with van der Waals surface area (Å²) < 4.78 is 5.58. The highest BCUT2D eigenvalue weighted by Crippen LogP contribution is 2.24. The van der Waals surface area contributed by atoms with Crippen LogP contribution in [0.5, 0.6) is 0 Å². The predicted octanol–water partition coefficient (Wildman–Crippen LogP) is 2.99. The normalized spacial score (nSPS) is 23.8. The number of likely N-dealkylation sites (tertiary alicyclic amines) is 1. The first-order valence-electron chi connectivity index (χ1n) is 7.31. The summed E-state index contributed by atoms with van der Waals surface area (Å²) >= 11 is 0. The van der Waals surface area contributed by atoms with Crippen molar-refractivity contribution in [3.63, 3.8) is 0 Å². The molecule has 0 radical (unpaired) electrons. The van der Waals surface area contributed by atoms with E-state index >= 15 is 0 Å². The van der Waals surface area contributed by atoms with Gasteiger partial charge in [0.25, 0.3) is 0 Å². The number of rotatable bonds is 4. The summed E-state index contributed by atoms with van der Waals surface area (Å²) in [5.74, 6) is 0.202. The SMILES string of the molecule is COC1(C)CCCN(CC(=O)c2ccc(C)c(C)c2)C1. The van der Waals surface area contributed by atoms with Crippen LogP contribution in [0.3, 0.4) is 0 Å². The Labute approximate surface area is 121 Å². The largest absolute Gasteiger partial charge is 0.377 e. The first kappa shape index (κ1) is 15.2. The minimum Gasteiger partial charge on any atom is -0.377 e. The lowest BCUT2D eigenvalue weighted by atomic mass is 9.94. The molecule has 0 aliphatic carbocycles. The Morgan fingerprint density at radius 1 is 1.35 bits per heavy atom. The van der Waals surface area contributed by atoms with Crippen LogP contribution in [-0.4, -0.2) is 43.0 Å². The summed E-state index contributed by atoms with van der Waals surface area (Å²) in [6.07, 6.45) is 2.16. The van der Waals surface area contributed by atoms with E-state index in [-0.39, 0.29) is 11.4 Å². The number of hydrogen-bond donors (Lipinski definition) is 0. The molecule has 0 saturated carbocycles. The van der Waals surface area contributed by atoms with Crippen molar-refractivity contribution >= 4 is 5.78 Å². The molecule has 0 aromatic heterocycles. The number of aryl methyl sites for hydroxylation is 2. The van der Waals surface area contributed by atoms with Crippen molar-refractivity contribution in [2.75, 3.05) is 26.7 Å². The Morgan fingerprint density at radius 2 is 2.10 bits per heavy atom. The molecular formula is C17H25NO2. The van der Waals surface area contributed by atoms with E-state index < -0.39 is 0 Å². The van der Waals surface area contributed by atoms with E-state index in [0.717, 1.165) is 31.5 Å². The fourth-order valence-corrected chi connectivity index (χ4v) is 2.82. The smallest absolute Gasteiger partial charge is 0.176 e. The van der Waals surface area contributed by atoms with E-state index in [0.29, 0.717) is 6.54 Å². The van der Waals surface area contributed by atoms with Gasteiger partial charge in [-0.1, -0.05) is 12.1 Å². The fraction of sp³-hybridized carbons (Fsp3) is 0.588. The van der Waals surface area contributed by atoms with E-state index in [4.69, 9.17) is 4.74 Å². The summed E-state index contributed by atoms with van der Waals surface area (Å²) in [6, 6.07) is 5.96. The Hall–Kier alpha value is -1.19. The highest BCUT2D eigenvalue weighted by molar-refractivity contribution is 5.97. The van der Waals surface area contributed by atoms with Crippen LogP contribution in [0.25, 0.3) is 0 Å². The highest BCUT2D eigenvalue weighted by atomic mass is 16.5. The second-order valence-corrected chi connectivity index (χ2v) is 6.19. The molecule has 20 heavy (non-hydrogen) atoms. The summed E-state index contributed by atoms with van der Waals surface area (Å²) in [4.78, 5) is 14.6. The zero-order valence-electron chi connectivity index (χ0n) is 13.0. The van der Waals surface area contributed by atoms with Gasteiger partial charge in [0.05, 0.1) is 12.1 Å². The van der Waals surface area contributed by atoms with Crippen LogP contribution in [-0.2, 0) is 4.74 Å². The fourth-order valence-electron chi connectivity index (χ4n) is 2.82. The third-order valence-electron chi connectivity index (χ3n) is 4.43. The van der Waals surface area contributed by atoms with Crippen LogP contribution >= 0.6 is 0 Å². The van der Waals surface area contributed by atoms with Gasteiger partial charge in [0.1, 0.15) is 0 Å². The van der Waals surface area contributed by atoms with Crippen molar-refractivity contribution < 1.29 is 9.53 Å². The maximum atomic E-state index is 12.4. The number of methoxy groups -OCH3 is 1. The van der Waals surface area contributed by atoms with Crippen LogP contribution in [0.15, 0.2) is 18.2 Å². The van der Waals surface area contributed by atoms with Gasteiger partial charge in [0.15, 0.2) is 5.78 Å². The molecule has 1 unspecified atom stereocenters. The molecule has 0 amide bonds. The molecule has 0 spiro atoms. The third-order valence-corrected chi connectivity index (χ3v) is 4.43. The number of carbonyl (C=O) groups excluding carboxylic acids is 1. The first-order chi connectivity index (χ1) is 9.43. The van der Waals surface area contributed by atoms with Gasteiger partial charge in [0, 0.05) is 19.2 Å². The molecule has 3 heteroatoms. The second-order valence-electron chi connectivity index (χ2n) is 6.19. The van der Waals surface area contributed by atoms with Crippen molar-refractivity contribution in [2.45, 2.75) is 39.2 Å². The first-order valence-corrected chi connectivity index (χ1v) is 7.31. The van der Waals surface area contributed by atoms with Crippen molar-refractivity contribution in [1.82, 2.24) is 4.90 Å². The van der Waals surface area contributed by atoms with Gasteiger partial charge in [-0.3, -0.25) is 9.69 Å². The number of Topliss-reactive ketones (excluding diaryl/α,β-unsaturated/α-hetero) is 1. The van der Waals surface area contributed by atoms with Gasteiger partial charge in [-0.05, 0) is 57.4 Å². The molecule has 1 aliphatic rings. The van der Waals surface area contributed by atoms with Crippen molar-refractivity contribution in [2.24, 2.45) is 0 Å². The van der Waals surface area contributed by atoms with E-state index in [2.05, 4.69) is 25.7 Å². The van der Waals surface area contributed by atoms with Crippen LogP contribution in [0.2, 0.25) is 0 Å². The Morgan fingerprint density at radius 3 is 2.75 bits per heavy atom. The summed E-state index contributed by atoms with van der Waals surface area (Å²) in [5, 5.41) is 0. The lowest BCUT2D eigenvalue weighted by Crippen LogP contribution is -2.48. The molecule has 1 heterocycles. The number of ketones is 1. The number of piperidine rings is 1. The zero-order chi connectivity index (χ0) is 14.8. The van der Waals surface area contributed by atoms with E-state index in [1.165, 1.54) is 11.1 Å². The number of ether oxygens (including phenoxy) is 1. The molecule has 2 rings (SSSR count). The number of carbonyl (C=O) groups is 1. The highest BCUT2D eigenvalue weighted by Gasteiger charge is 2.31. The van der Waals surface area contributed by atoms with Crippen molar-refractivity contribution in [3.05, 3.63) is 34.9 Å². The molecule has 110 valence electrons. The Balaban J connectivity index is 2.02. The molecule has 3 nitrogen and oxygen atoms in total. The van der Waals surface area contributed by atoms with Gasteiger partial charge < -0.3 is 4.74 Å². The lowest BCUT2D eigenvalue weighted by Gasteiger charge is -2.39. The van der Waals surface area contributed by atoms with Gasteiger partial charge in [-0.2, -0.15) is 0 Å². The minimum atomic E-state index is -0.109. The van der Waals surface area contributed by atoms with E-state index in [1.54, 1.807) is 7.11 Å². The van der Waals surface area contributed by atoms with Crippen molar-refractivity contribution in [3.8, 4) is 0 Å². The Bertz CT molecular complexity index is 498. The lowest BCUT2D eigenvalue weighted by molar-refractivity contribution is -0.0485. The maximum Gasteiger partial charge on any atom is 0.176 e. The molecule has 0 N–H and O–H groups in total. The van der Waals surface area contributed by atoms with Crippen molar-refractivity contribution in [1.29, 1.82) is 0 Å². The average Bonchev–Trinajstić information content (AvgIpc) is 2.42. The van der Waals surface area contributed by atoms with Gasteiger partial charge >= 0.3 is 0 Å². The van der Waals surface area contributed by atoms with Crippen LogP contribution in [0.4, 0.5) is 0 Å². The van der Waals surface area contributed by atoms with E-state index in [9.17, 15) is 4.79 Å². The third kappa shape index (κ3) is 3.47. The van der Waals surface area contributed by atoms with Crippen LogP contribution in [0, 0.1) is 13.8 Å². The van der Waals surface area contributed by atoms with E-state index in [1.807, 2.05) is 18.2 Å². The molecule has 1 saturated heterocycles. The maximum absolute atomic E-state index is 12.4. The molecule has 1 aliphatic heterocycles. The number of hydrogen-bond acceptors (Lipinski definition) is 3. The summed E-state index contributed by atoms with van der Waals surface area (Å²) in [6.45, 7) is 8.55.